The van der Waals surface area contributed by atoms with Crippen molar-refractivity contribution in [2.45, 2.75) is 46.1 Å². The maximum Gasteiger partial charge on any atom is 0.246 e. The fraction of sp³-hybridized carbons (Fsp3) is 0.722. The molecule has 1 saturated carbocycles. The first kappa shape index (κ1) is 17.1. The van der Waals surface area contributed by atoms with Gasteiger partial charge in [0.2, 0.25) is 5.91 Å². The maximum atomic E-state index is 12.0. The fourth-order valence-electron chi connectivity index (χ4n) is 3.93. The molecule has 1 aromatic heterocycles. The van der Waals surface area contributed by atoms with Crippen molar-refractivity contribution in [3.05, 3.63) is 17.1 Å². The normalized spacial score (nSPS) is 23.6. The molecule has 2 heterocycles. The molecule has 0 radical (unpaired) electrons. The molecule has 0 spiro atoms. The van der Waals surface area contributed by atoms with Crippen LogP contribution in [0.1, 0.15) is 36.8 Å². The number of nitrogens with one attached hydrogen (secondary N) is 1. The van der Waals surface area contributed by atoms with Crippen LogP contribution in [0.25, 0.3) is 0 Å². The number of rotatable bonds is 6. The Kier molecular flexibility index (Phi) is 5.04. The van der Waals surface area contributed by atoms with Crippen molar-refractivity contribution in [1.82, 2.24) is 15.3 Å². The van der Waals surface area contributed by atoms with Gasteiger partial charge in [-0.1, -0.05) is 6.92 Å². The van der Waals surface area contributed by atoms with Gasteiger partial charge in [-0.3, -0.25) is 4.79 Å². The maximum absolute atomic E-state index is 12.0. The third-order valence-corrected chi connectivity index (χ3v) is 5.17. The Hall–Kier alpha value is -1.69. The minimum Gasteiger partial charge on any atom is -0.375 e. The number of amides is 1. The molecule has 0 bridgehead atoms. The molecular formula is C18H28N4O2. The van der Waals surface area contributed by atoms with E-state index in [1.54, 1.807) is 7.11 Å². The highest BCUT2D eigenvalue weighted by atomic mass is 16.5. The molecular weight excluding hydrogens is 304 g/mol. The average molecular weight is 332 g/mol. The summed E-state index contributed by atoms with van der Waals surface area (Å²) in [6, 6.07) is 0.181. The summed E-state index contributed by atoms with van der Waals surface area (Å²) in [5.41, 5.74) is 2.29. The monoisotopic (exact) mass is 332 g/mol. The van der Waals surface area contributed by atoms with Gasteiger partial charge in [-0.15, -0.1) is 0 Å². The van der Waals surface area contributed by atoms with Gasteiger partial charge in [0.1, 0.15) is 18.2 Å². The topological polar surface area (TPSA) is 67.4 Å². The molecule has 132 valence electrons. The Labute approximate surface area is 144 Å². The van der Waals surface area contributed by atoms with E-state index >= 15 is 0 Å². The second kappa shape index (κ2) is 7.05. The number of aryl methyl sites for hydroxylation is 2. The first-order chi connectivity index (χ1) is 11.5. The molecule has 1 aliphatic carbocycles. The molecule has 6 nitrogen and oxygen atoms in total. The van der Waals surface area contributed by atoms with Crippen LogP contribution in [0, 0.1) is 25.7 Å². The van der Waals surface area contributed by atoms with Gasteiger partial charge in [0.15, 0.2) is 0 Å². The van der Waals surface area contributed by atoms with Gasteiger partial charge in [-0.25, -0.2) is 9.97 Å². The van der Waals surface area contributed by atoms with Crippen molar-refractivity contribution < 1.29 is 9.53 Å². The van der Waals surface area contributed by atoms with Gasteiger partial charge in [-0.2, -0.15) is 0 Å². The summed E-state index contributed by atoms with van der Waals surface area (Å²) in [6.45, 7) is 8.06. The Balaban J connectivity index is 1.81. The molecule has 2 fully saturated rings. The summed E-state index contributed by atoms with van der Waals surface area (Å²) in [5.74, 6) is 3.08. The number of nitrogens with zero attached hydrogens (tertiary/aromatic N) is 3. The number of hydrogen-bond donors (Lipinski definition) is 1. The predicted molar refractivity (Wildman–Crippen MR) is 93.1 cm³/mol. The summed E-state index contributed by atoms with van der Waals surface area (Å²) in [4.78, 5) is 23.6. The second-order valence-electron chi connectivity index (χ2n) is 7.03. The Morgan fingerprint density at radius 1 is 1.29 bits per heavy atom. The van der Waals surface area contributed by atoms with E-state index < -0.39 is 0 Å². The number of carbonyl (C=O) groups is 1. The van der Waals surface area contributed by atoms with Crippen molar-refractivity contribution in [2.24, 2.45) is 11.8 Å². The second-order valence-corrected chi connectivity index (χ2v) is 7.03. The first-order valence-corrected chi connectivity index (χ1v) is 8.90. The van der Waals surface area contributed by atoms with Crippen LogP contribution in [0.3, 0.4) is 0 Å². The highest BCUT2D eigenvalue weighted by molar-refractivity contribution is 5.77. The van der Waals surface area contributed by atoms with E-state index in [0.717, 1.165) is 42.8 Å². The number of carbonyl (C=O) groups excluding carboxylic acids is 1. The van der Waals surface area contributed by atoms with Crippen LogP contribution in [-0.2, 0) is 16.0 Å². The van der Waals surface area contributed by atoms with Crippen LogP contribution in [0.15, 0.2) is 0 Å². The third kappa shape index (κ3) is 3.53. The number of hydrogen-bond acceptors (Lipinski definition) is 5. The number of ether oxygens (including phenoxy) is 1. The summed E-state index contributed by atoms with van der Waals surface area (Å²) in [5, 5.41) is 3.17. The molecule has 2 atom stereocenters. The van der Waals surface area contributed by atoms with Crippen LogP contribution in [-0.4, -0.2) is 48.7 Å². The first-order valence-electron chi connectivity index (χ1n) is 8.90. The zero-order valence-corrected chi connectivity index (χ0v) is 15.1. The van der Waals surface area contributed by atoms with Crippen molar-refractivity contribution >= 4 is 11.7 Å². The predicted octanol–water partition coefficient (Wildman–Crippen LogP) is 1.63. The van der Waals surface area contributed by atoms with Crippen LogP contribution in [0.5, 0.6) is 0 Å². The lowest BCUT2D eigenvalue weighted by atomic mass is 9.98. The van der Waals surface area contributed by atoms with E-state index in [9.17, 15) is 4.79 Å². The summed E-state index contributed by atoms with van der Waals surface area (Å²) >= 11 is 0. The zero-order chi connectivity index (χ0) is 17.3. The minimum absolute atomic E-state index is 0.0271. The van der Waals surface area contributed by atoms with Crippen LogP contribution >= 0.6 is 0 Å². The molecule has 24 heavy (non-hydrogen) atoms. The van der Waals surface area contributed by atoms with Crippen molar-refractivity contribution in [2.75, 3.05) is 31.7 Å². The van der Waals surface area contributed by atoms with Crippen LogP contribution < -0.4 is 10.2 Å². The molecule has 1 aliphatic heterocycles. The smallest absolute Gasteiger partial charge is 0.246 e. The van der Waals surface area contributed by atoms with Crippen molar-refractivity contribution in [3.8, 4) is 0 Å². The highest BCUT2D eigenvalue weighted by Crippen LogP contribution is 2.42. The molecule has 2 aliphatic rings. The van der Waals surface area contributed by atoms with E-state index in [1.807, 2.05) is 6.92 Å². The Morgan fingerprint density at radius 3 is 2.67 bits per heavy atom. The standard InChI is InChI=1S/C18H28N4O2/c1-5-14-11(2)19-12(3)20-18(14)22-8-15(13-6-7-13)16(9-22)21-17(23)10-24-4/h13,15-16H,5-10H2,1-4H3,(H,21,23)/t15-,16+/m0/s1. The summed E-state index contributed by atoms with van der Waals surface area (Å²) in [7, 11) is 1.55. The lowest BCUT2D eigenvalue weighted by Gasteiger charge is -2.22. The fourth-order valence-corrected chi connectivity index (χ4v) is 3.93. The SMILES string of the molecule is CCc1c(C)nc(C)nc1N1C[C@@H](NC(=O)COC)[C@H](C2CC2)C1. The minimum atomic E-state index is -0.0271. The molecule has 1 N–H and O–H groups in total. The average Bonchev–Trinajstić information content (AvgIpc) is 3.28. The molecule has 0 unspecified atom stereocenters. The van der Waals surface area contributed by atoms with E-state index in [1.165, 1.54) is 18.4 Å². The third-order valence-electron chi connectivity index (χ3n) is 5.17. The van der Waals surface area contributed by atoms with Gasteiger partial charge in [0.05, 0.1) is 6.04 Å². The lowest BCUT2D eigenvalue weighted by Crippen LogP contribution is -2.42. The summed E-state index contributed by atoms with van der Waals surface area (Å²) in [6.07, 6.45) is 3.47. The highest BCUT2D eigenvalue weighted by Gasteiger charge is 2.43. The molecule has 6 heteroatoms. The Bertz CT molecular complexity index is 615. The summed E-state index contributed by atoms with van der Waals surface area (Å²) < 4.78 is 4.96. The quantitative estimate of drug-likeness (QED) is 0.858. The van der Waals surface area contributed by atoms with E-state index in [-0.39, 0.29) is 18.6 Å². The van der Waals surface area contributed by atoms with Crippen molar-refractivity contribution in [3.63, 3.8) is 0 Å². The van der Waals surface area contributed by atoms with E-state index in [4.69, 9.17) is 9.72 Å². The number of anilines is 1. The Morgan fingerprint density at radius 2 is 2.04 bits per heavy atom. The number of methoxy groups -OCH3 is 1. The molecule has 1 aromatic rings. The van der Waals surface area contributed by atoms with E-state index in [0.29, 0.717) is 5.92 Å². The molecule has 0 aromatic carbocycles. The molecule has 1 amide bonds. The van der Waals surface area contributed by atoms with Gasteiger partial charge in [0.25, 0.3) is 0 Å². The van der Waals surface area contributed by atoms with E-state index in [2.05, 4.69) is 29.0 Å². The van der Waals surface area contributed by atoms with Crippen molar-refractivity contribution in [1.29, 1.82) is 0 Å². The van der Waals surface area contributed by atoms with Gasteiger partial charge in [0, 0.05) is 37.4 Å². The number of aromatic nitrogens is 2. The van der Waals surface area contributed by atoms with Gasteiger partial charge >= 0.3 is 0 Å². The van der Waals surface area contributed by atoms with Crippen LogP contribution in [0.4, 0.5) is 5.82 Å². The molecule has 1 saturated heterocycles. The molecule has 3 rings (SSSR count). The van der Waals surface area contributed by atoms with Gasteiger partial charge < -0.3 is 15.0 Å². The largest absolute Gasteiger partial charge is 0.375 e. The zero-order valence-electron chi connectivity index (χ0n) is 15.1. The lowest BCUT2D eigenvalue weighted by molar-refractivity contribution is -0.125. The van der Waals surface area contributed by atoms with Gasteiger partial charge in [-0.05, 0) is 39.0 Å². The van der Waals surface area contributed by atoms with Crippen LogP contribution in [0.2, 0.25) is 0 Å².